The highest BCUT2D eigenvalue weighted by Gasteiger charge is 2.25. The van der Waals surface area contributed by atoms with Gasteiger partial charge >= 0.3 is 0 Å². The molecule has 1 rings (SSSR count). The molecular formula is C14H29N. The van der Waals surface area contributed by atoms with Crippen LogP contribution in [0.25, 0.3) is 0 Å². The second-order valence-electron chi connectivity index (χ2n) is 5.10. The maximum absolute atomic E-state index is 3.72. The molecule has 0 aromatic heterocycles. The van der Waals surface area contributed by atoms with Gasteiger partial charge in [-0.25, -0.2) is 0 Å². The van der Waals surface area contributed by atoms with Crippen LogP contribution in [0.3, 0.4) is 0 Å². The van der Waals surface area contributed by atoms with Gasteiger partial charge in [-0.05, 0) is 38.1 Å². The number of rotatable bonds is 8. The summed E-state index contributed by atoms with van der Waals surface area (Å²) in [6, 6.07) is 0.853. The molecule has 0 heterocycles. The second-order valence-corrected chi connectivity index (χ2v) is 5.10. The average molecular weight is 211 g/mol. The molecule has 0 amide bonds. The van der Waals surface area contributed by atoms with E-state index in [0.717, 1.165) is 12.0 Å². The maximum atomic E-state index is 3.72. The van der Waals surface area contributed by atoms with E-state index in [1.165, 1.54) is 64.3 Å². The molecular weight excluding hydrogens is 182 g/mol. The summed E-state index contributed by atoms with van der Waals surface area (Å²) in [4.78, 5) is 0. The molecule has 1 aliphatic rings. The summed E-state index contributed by atoms with van der Waals surface area (Å²) in [5, 5.41) is 3.72. The Hall–Kier alpha value is -0.0400. The summed E-state index contributed by atoms with van der Waals surface area (Å²) < 4.78 is 0. The Balaban J connectivity index is 2.09. The van der Waals surface area contributed by atoms with E-state index in [1.54, 1.807) is 0 Å². The van der Waals surface area contributed by atoms with E-state index in [2.05, 4.69) is 19.2 Å². The predicted octanol–water partition coefficient (Wildman–Crippen LogP) is 4.13. The third-order valence-electron chi connectivity index (χ3n) is 3.74. The quantitative estimate of drug-likeness (QED) is 0.595. The van der Waals surface area contributed by atoms with Crippen LogP contribution >= 0.6 is 0 Å². The van der Waals surface area contributed by atoms with E-state index in [9.17, 15) is 0 Å². The molecule has 1 saturated carbocycles. The fourth-order valence-electron chi connectivity index (χ4n) is 2.81. The first-order valence-electron chi connectivity index (χ1n) is 7.11. The number of unbranched alkanes of at least 4 members (excludes halogenated alkanes) is 3. The minimum absolute atomic E-state index is 0.853. The summed E-state index contributed by atoms with van der Waals surface area (Å²) in [5.41, 5.74) is 0. The van der Waals surface area contributed by atoms with Gasteiger partial charge in [-0.2, -0.15) is 0 Å². The molecule has 2 unspecified atom stereocenters. The fraction of sp³-hybridized carbons (Fsp3) is 1.00. The maximum Gasteiger partial charge on any atom is 0.00953 e. The number of hydrogen-bond donors (Lipinski definition) is 1. The van der Waals surface area contributed by atoms with Gasteiger partial charge in [-0.1, -0.05) is 46.0 Å². The molecule has 0 radical (unpaired) electrons. The van der Waals surface area contributed by atoms with E-state index in [0.29, 0.717) is 0 Å². The summed E-state index contributed by atoms with van der Waals surface area (Å²) >= 11 is 0. The zero-order valence-electron chi connectivity index (χ0n) is 10.7. The highest BCUT2D eigenvalue weighted by molar-refractivity contribution is 4.82. The molecule has 0 saturated heterocycles. The number of nitrogens with one attached hydrogen (secondary N) is 1. The largest absolute Gasteiger partial charge is 0.314 e. The third-order valence-corrected chi connectivity index (χ3v) is 3.74. The summed E-state index contributed by atoms with van der Waals surface area (Å²) in [6.07, 6.45) is 12.8. The van der Waals surface area contributed by atoms with Crippen molar-refractivity contribution in [1.82, 2.24) is 5.32 Å². The molecule has 1 N–H and O–H groups in total. The van der Waals surface area contributed by atoms with Crippen molar-refractivity contribution in [2.24, 2.45) is 5.92 Å². The van der Waals surface area contributed by atoms with Crippen molar-refractivity contribution in [3.63, 3.8) is 0 Å². The topological polar surface area (TPSA) is 12.0 Å². The molecule has 15 heavy (non-hydrogen) atoms. The van der Waals surface area contributed by atoms with Crippen molar-refractivity contribution in [2.45, 2.75) is 77.7 Å². The Labute approximate surface area is 96.0 Å². The summed E-state index contributed by atoms with van der Waals surface area (Å²) in [7, 11) is 0. The van der Waals surface area contributed by atoms with E-state index in [-0.39, 0.29) is 0 Å². The number of hydrogen-bond acceptors (Lipinski definition) is 1. The molecule has 2 atom stereocenters. The van der Waals surface area contributed by atoms with Crippen molar-refractivity contribution in [3.05, 3.63) is 0 Å². The molecule has 0 aromatic carbocycles. The molecule has 0 bridgehead atoms. The van der Waals surface area contributed by atoms with Crippen LogP contribution in [-0.4, -0.2) is 12.6 Å². The predicted molar refractivity (Wildman–Crippen MR) is 68.2 cm³/mol. The summed E-state index contributed by atoms with van der Waals surface area (Å²) in [5.74, 6) is 0.994. The molecule has 1 nitrogen and oxygen atoms in total. The lowest BCUT2D eigenvalue weighted by Crippen LogP contribution is -2.32. The molecule has 0 aromatic rings. The highest BCUT2D eigenvalue weighted by Crippen LogP contribution is 2.30. The normalized spacial score (nSPS) is 26.0. The Morgan fingerprint density at radius 2 is 1.87 bits per heavy atom. The van der Waals surface area contributed by atoms with Gasteiger partial charge in [0, 0.05) is 6.04 Å². The van der Waals surface area contributed by atoms with Gasteiger partial charge in [0.2, 0.25) is 0 Å². The van der Waals surface area contributed by atoms with Gasteiger partial charge < -0.3 is 5.32 Å². The van der Waals surface area contributed by atoms with Gasteiger partial charge in [-0.15, -0.1) is 0 Å². The van der Waals surface area contributed by atoms with Gasteiger partial charge in [0.05, 0.1) is 0 Å². The lowest BCUT2D eigenvalue weighted by Gasteiger charge is -2.20. The Morgan fingerprint density at radius 1 is 1.00 bits per heavy atom. The Bertz CT molecular complexity index is 144. The van der Waals surface area contributed by atoms with Crippen LogP contribution in [0.5, 0.6) is 0 Å². The summed E-state index contributed by atoms with van der Waals surface area (Å²) in [6.45, 7) is 5.77. The standard InChI is InChI=1S/C14H29N/c1-3-5-6-7-9-13-10-8-11-14(13)15-12-4-2/h13-15H,3-12H2,1-2H3. The van der Waals surface area contributed by atoms with Crippen LogP contribution in [0, 0.1) is 5.92 Å². The zero-order valence-corrected chi connectivity index (χ0v) is 10.7. The first-order valence-corrected chi connectivity index (χ1v) is 7.11. The molecule has 0 aliphatic heterocycles. The average Bonchev–Trinajstić information content (AvgIpc) is 2.69. The van der Waals surface area contributed by atoms with Gasteiger partial charge in [-0.3, -0.25) is 0 Å². The monoisotopic (exact) mass is 211 g/mol. The van der Waals surface area contributed by atoms with Crippen LogP contribution in [-0.2, 0) is 0 Å². The van der Waals surface area contributed by atoms with Crippen LogP contribution in [0.4, 0.5) is 0 Å². The second kappa shape index (κ2) is 8.15. The fourth-order valence-corrected chi connectivity index (χ4v) is 2.81. The molecule has 0 spiro atoms. The van der Waals surface area contributed by atoms with Crippen molar-refractivity contribution >= 4 is 0 Å². The van der Waals surface area contributed by atoms with Crippen molar-refractivity contribution in [1.29, 1.82) is 0 Å². The first kappa shape index (κ1) is 13.0. The van der Waals surface area contributed by atoms with Crippen molar-refractivity contribution in [2.75, 3.05) is 6.54 Å². The van der Waals surface area contributed by atoms with E-state index >= 15 is 0 Å². The lowest BCUT2D eigenvalue weighted by atomic mass is 9.96. The molecule has 90 valence electrons. The van der Waals surface area contributed by atoms with Crippen molar-refractivity contribution < 1.29 is 0 Å². The van der Waals surface area contributed by atoms with Crippen LogP contribution in [0.1, 0.15) is 71.6 Å². The minimum atomic E-state index is 0.853. The van der Waals surface area contributed by atoms with E-state index < -0.39 is 0 Å². The van der Waals surface area contributed by atoms with Gasteiger partial charge in [0.1, 0.15) is 0 Å². The van der Waals surface area contributed by atoms with Crippen LogP contribution in [0.2, 0.25) is 0 Å². The van der Waals surface area contributed by atoms with Crippen molar-refractivity contribution in [3.8, 4) is 0 Å². The van der Waals surface area contributed by atoms with E-state index in [1.807, 2.05) is 0 Å². The molecule has 1 aliphatic carbocycles. The zero-order chi connectivity index (χ0) is 10.9. The molecule has 1 heteroatoms. The van der Waals surface area contributed by atoms with Crippen LogP contribution < -0.4 is 5.32 Å². The minimum Gasteiger partial charge on any atom is -0.314 e. The van der Waals surface area contributed by atoms with E-state index in [4.69, 9.17) is 0 Å². The SMILES string of the molecule is CCCCCCC1CCCC1NCCC. The first-order chi connectivity index (χ1) is 7.38. The smallest absolute Gasteiger partial charge is 0.00953 e. The molecule has 1 fully saturated rings. The van der Waals surface area contributed by atoms with Crippen LogP contribution in [0.15, 0.2) is 0 Å². The van der Waals surface area contributed by atoms with Gasteiger partial charge in [0.25, 0.3) is 0 Å². The third kappa shape index (κ3) is 5.01. The lowest BCUT2D eigenvalue weighted by molar-refractivity contribution is 0.366. The Kier molecular flexibility index (Phi) is 7.08. The Morgan fingerprint density at radius 3 is 2.60 bits per heavy atom. The van der Waals surface area contributed by atoms with Gasteiger partial charge in [0.15, 0.2) is 0 Å². The highest BCUT2D eigenvalue weighted by atomic mass is 14.9.